The van der Waals surface area contributed by atoms with Gasteiger partial charge in [0.05, 0.1) is 10.6 Å². The van der Waals surface area contributed by atoms with Crippen molar-refractivity contribution in [3.05, 3.63) is 129 Å². The van der Waals surface area contributed by atoms with Gasteiger partial charge in [-0.3, -0.25) is 13.9 Å². The van der Waals surface area contributed by atoms with E-state index in [0.717, 1.165) is 44.7 Å². The van der Waals surface area contributed by atoms with Crippen LogP contribution in [-0.4, -0.2) is 43.8 Å². The molecule has 0 unspecified atom stereocenters. The number of amides is 2. The highest BCUT2D eigenvalue weighted by Gasteiger charge is 2.35. The van der Waals surface area contributed by atoms with Crippen molar-refractivity contribution < 1.29 is 18.0 Å². The number of nitrogens with one attached hydrogen (secondary N) is 1. The predicted octanol–water partition coefficient (Wildman–Crippen LogP) is 6.84. The van der Waals surface area contributed by atoms with E-state index in [1.165, 1.54) is 17.0 Å². The molecule has 0 saturated heterocycles. The third kappa shape index (κ3) is 8.65. The predicted molar refractivity (Wildman–Crippen MR) is 186 cm³/mol. The Bertz CT molecular complexity index is 1700. The van der Waals surface area contributed by atoms with Gasteiger partial charge in [0.25, 0.3) is 10.0 Å². The molecule has 1 atom stereocenters. The highest BCUT2D eigenvalue weighted by atomic mass is 127. The summed E-state index contributed by atoms with van der Waals surface area (Å²) in [6.07, 6.45) is 4.13. The van der Waals surface area contributed by atoms with Gasteiger partial charge in [0.2, 0.25) is 11.8 Å². The zero-order chi connectivity index (χ0) is 31.8. The van der Waals surface area contributed by atoms with Gasteiger partial charge in [0.1, 0.15) is 12.6 Å². The highest BCUT2D eigenvalue weighted by molar-refractivity contribution is 14.1. The third-order valence-electron chi connectivity index (χ3n) is 7.94. The van der Waals surface area contributed by atoms with E-state index in [4.69, 9.17) is 11.6 Å². The van der Waals surface area contributed by atoms with Crippen molar-refractivity contribution in [1.29, 1.82) is 0 Å². The number of nitrogens with zero attached hydrogens (tertiary/aromatic N) is 2. The van der Waals surface area contributed by atoms with Crippen molar-refractivity contribution in [3.8, 4) is 0 Å². The van der Waals surface area contributed by atoms with Gasteiger partial charge in [0.15, 0.2) is 0 Å². The second-order valence-electron chi connectivity index (χ2n) is 11.1. The van der Waals surface area contributed by atoms with Crippen molar-refractivity contribution in [2.75, 3.05) is 10.8 Å². The number of hydrogen-bond donors (Lipinski definition) is 1. The molecule has 0 heterocycles. The van der Waals surface area contributed by atoms with Crippen LogP contribution in [0.3, 0.4) is 0 Å². The second-order valence-corrected chi connectivity index (χ2v) is 14.7. The lowest BCUT2D eigenvalue weighted by molar-refractivity contribution is -0.140. The minimum Gasteiger partial charge on any atom is -0.352 e. The summed E-state index contributed by atoms with van der Waals surface area (Å²) in [5.41, 5.74) is 1.97. The molecule has 4 aromatic rings. The largest absolute Gasteiger partial charge is 0.352 e. The van der Waals surface area contributed by atoms with Crippen molar-refractivity contribution in [2.24, 2.45) is 0 Å². The molecule has 2 amide bonds. The molecule has 4 aromatic carbocycles. The van der Waals surface area contributed by atoms with Gasteiger partial charge < -0.3 is 10.2 Å². The Hall–Kier alpha value is -3.41. The van der Waals surface area contributed by atoms with Gasteiger partial charge in [-0.1, -0.05) is 85.1 Å². The summed E-state index contributed by atoms with van der Waals surface area (Å²) in [4.78, 5) is 30.2. The van der Waals surface area contributed by atoms with Crippen LogP contribution >= 0.6 is 34.2 Å². The van der Waals surface area contributed by atoms with E-state index in [0.29, 0.717) is 10.7 Å². The number of carbonyl (C=O) groups excluding carboxylic acids is 2. The minimum atomic E-state index is -4.14. The SMILES string of the molecule is O=C(NC1CCCC1)[C@H](Cc1ccccc1)N(Cc1cccc(Cl)c1)C(=O)CN(c1ccc(I)cc1)S(=O)(=O)c1ccccc1. The van der Waals surface area contributed by atoms with Crippen LogP contribution in [0.15, 0.2) is 114 Å². The van der Waals surface area contributed by atoms with Gasteiger partial charge in [-0.25, -0.2) is 8.42 Å². The van der Waals surface area contributed by atoms with E-state index >= 15 is 0 Å². The fourth-order valence-corrected chi connectivity index (χ4v) is 7.62. The zero-order valence-corrected chi connectivity index (χ0v) is 28.4. The molecule has 10 heteroatoms. The number of anilines is 1. The van der Waals surface area contributed by atoms with Crippen LogP contribution in [0.5, 0.6) is 0 Å². The summed E-state index contributed by atoms with van der Waals surface area (Å²) >= 11 is 8.48. The van der Waals surface area contributed by atoms with Crippen molar-refractivity contribution in [3.63, 3.8) is 0 Å². The van der Waals surface area contributed by atoms with Crippen LogP contribution in [0.25, 0.3) is 0 Å². The van der Waals surface area contributed by atoms with Crippen molar-refractivity contribution in [1.82, 2.24) is 10.2 Å². The topological polar surface area (TPSA) is 86.8 Å². The summed E-state index contributed by atoms with van der Waals surface area (Å²) in [5, 5.41) is 3.69. The molecule has 0 aliphatic heterocycles. The molecule has 234 valence electrons. The smallest absolute Gasteiger partial charge is 0.264 e. The van der Waals surface area contributed by atoms with Crippen LogP contribution in [0.2, 0.25) is 5.02 Å². The van der Waals surface area contributed by atoms with Gasteiger partial charge in [-0.15, -0.1) is 0 Å². The maximum atomic E-state index is 14.5. The van der Waals surface area contributed by atoms with Crippen LogP contribution in [0, 0.1) is 3.57 Å². The molecule has 0 spiro atoms. The highest BCUT2D eigenvalue weighted by Crippen LogP contribution is 2.26. The summed E-state index contributed by atoms with van der Waals surface area (Å²) < 4.78 is 30.2. The lowest BCUT2D eigenvalue weighted by atomic mass is 10.0. The molecule has 5 rings (SSSR count). The molecule has 7 nitrogen and oxygen atoms in total. The number of hydrogen-bond acceptors (Lipinski definition) is 4. The van der Waals surface area contributed by atoms with E-state index in [-0.39, 0.29) is 29.8 Å². The second kappa shape index (κ2) is 15.2. The van der Waals surface area contributed by atoms with Gasteiger partial charge in [-0.2, -0.15) is 0 Å². The summed E-state index contributed by atoms with van der Waals surface area (Å²) in [7, 11) is -4.14. The number of rotatable bonds is 12. The molecule has 1 aliphatic carbocycles. The first-order valence-electron chi connectivity index (χ1n) is 14.9. The fourth-order valence-electron chi connectivity index (χ4n) is 5.61. The van der Waals surface area contributed by atoms with E-state index in [1.54, 1.807) is 60.7 Å². The number of sulfonamides is 1. The first-order chi connectivity index (χ1) is 21.7. The van der Waals surface area contributed by atoms with Gasteiger partial charge in [-0.05, 0) is 95.1 Å². The minimum absolute atomic E-state index is 0.0423. The molecule has 0 bridgehead atoms. The standard InChI is InChI=1S/C35H35ClIN3O4S/c36-28-13-9-12-27(22-28)24-39(33(23-26-10-3-1-4-11-26)35(42)38-30-14-7-8-15-30)34(41)25-40(31-20-18-29(37)19-21-31)45(43,44)32-16-5-2-6-17-32/h1-6,9-13,16-22,30,33H,7-8,14-15,23-25H2,(H,38,42)/t33-/m0/s1. The van der Waals surface area contributed by atoms with Crippen LogP contribution in [0.4, 0.5) is 5.69 Å². The maximum absolute atomic E-state index is 14.5. The molecular formula is C35H35ClIN3O4S. The van der Waals surface area contributed by atoms with Crippen LogP contribution < -0.4 is 9.62 Å². The molecule has 0 aromatic heterocycles. The van der Waals surface area contributed by atoms with Crippen LogP contribution in [-0.2, 0) is 32.6 Å². The molecule has 1 aliphatic rings. The molecule has 1 fully saturated rings. The van der Waals surface area contributed by atoms with Gasteiger partial charge in [0, 0.05) is 27.6 Å². The lowest BCUT2D eigenvalue weighted by Crippen LogP contribution is -2.54. The number of carbonyl (C=O) groups is 2. The van der Waals surface area contributed by atoms with Crippen molar-refractivity contribution >= 4 is 61.7 Å². The summed E-state index contributed by atoms with van der Waals surface area (Å²) in [6.45, 7) is -0.429. The quantitative estimate of drug-likeness (QED) is 0.161. The average molecular weight is 756 g/mol. The van der Waals surface area contributed by atoms with E-state index in [1.807, 2.05) is 36.4 Å². The van der Waals surface area contributed by atoms with E-state index in [9.17, 15) is 18.0 Å². The molecular weight excluding hydrogens is 721 g/mol. The normalized spacial score (nSPS) is 14.1. The lowest BCUT2D eigenvalue weighted by Gasteiger charge is -2.34. The summed E-state index contributed by atoms with van der Waals surface area (Å²) in [5.74, 6) is -0.761. The Morgan fingerprint density at radius 3 is 2.11 bits per heavy atom. The number of halogens is 2. The van der Waals surface area contributed by atoms with Gasteiger partial charge >= 0.3 is 0 Å². The Balaban J connectivity index is 1.56. The molecule has 1 saturated carbocycles. The first kappa shape index (κ1) is 33.0. The van der Waals surface area contributed by atoms with E-state index in [2.05, 4.69) is 27.9 Å². The Morgan fingerprint density at radius 2 is 1.47 bits per heavy atom. The molecule has 45 heavy (non-hydrogen) atoms. The third-order valence-corrected chi connectivity index (χ3v) is 10.7. The Labute approximate surface area is 283 Å². The molecule has 1 N–H and O–H groups in total. The Morgan fingerprint density at radius 1 is 0.844 bits per heavy atom. The average Bonchev–Trinajstić information content (AvgIpc) is 3.56. The van der Waals surface area contributed by atoms with Crippen LogP contribution in [0.1, 0.15) is 36.8 Å². The summed E-state index contributed by atoms with van der Waals surface area (Å²) in [6, 6.07) is 30.9. The number of benzene rings is 4. The Kier molecular flexibility index (Phi) is 11.2. The molecule has 0 radical (unpaired) electrons. The maximum Gasteiger partial charge on any atom is 0.264 e. The fraction of sp³-hybridized carbons (Fsp3) is 0.257. The van der Waals surface area contributed by atoms with E-state index < -0.39 is 28.5 Å². The zero-order valence-electron chi connectivity index (χ0n) is 24.7. The first-order valence-corrected chi connectivity index (χ1v) is 17.8. The monoisotopic (exact) mass is 755 g/mol. The van der Waals surface area contributed by atoms with Crippen molar-refractivity contribution in [2.45, 2.75) is 55.6 Å².